The van der Waals surface area contributed by atoms with Gasteiger partial charge in [-0.15, -0.1) is 0 Å². The molecule has 0 radical (unpaired) electrons. The summed E-state index contributed by atoms with van der Waals surface area (Å²) in [5.74, 6) is 0.289. The average molecular weight is 464 g/mol. The topological polar surface area (TPSA) is 72.5 Å². The lowest BCUT2D eigenvalue weighted by Gasteiger charge is -2.18. The van der Waals surface area contributed by atoms with Crippen molar-refractivity contribution < 1.29 is 17.9 Å². The van der Waals surface area contributed by atoms with E-state index in [2.05, 4.69) is 4.72 Å². The van der Waals surface area contributed by atoms with E-state index in [9.17, 15) is 13.2 Å². The molecule has 0 aliphatic carbocycles. The number of nitrogens with one attached hydrogen (secondary N) is 1. The number of ether oxygens (including phenoxy) is 1. The number of benzene rings is 3. The van der Waals surface area contributed by atoms with E-state index in [1.54, 1.807) is 37.3 Å². The maximum absolute atomic E-state index is 13.2. The van der Waals surface area contributed by atoms with Crippen molar-refractivity contribution in [3.05, 3.63) is 77.3 Å². The molecule has 3 aromatic carbocycles. The minimum atomic E-state index is -4.02. The highest BCUT2D eigenvalue weighted by molar-refractivity contribution is 7.98. The van der Waals surface area contributed by atoms with Gasteiger partial charge >= 0.3 is 5.97 Å². The van der Waals surface area contributed by atoms with Crippen LogP contribution in [0.3, 0.4) is 0 Å². The summed E-state index contributed by atoms with van der Waals surface area (Å²) in [4.78, 5) is 12.5. The van der Waals surface area contributed by atoms with E-state index in [-0.39, 0.29) is 17.3 Å². The molecule has 0 aliphatic rings. The summed E-state index contributed by atoms with van der Waals surface area (Å²) in [7, 11) is -4.02. The molecule has 0 unspecified atom stereocenters. The quantitative estimate of drug-likeness (QED) is 0.468. The minimum Gasteiger partial charge on any atom is -0.465 e. The van der Waals surface area contributed by atoms with Crippen molar-refractivity contribution in [1.82, 2.24) is 4.72 Å². The Morgan fingerprint density at radius 1 is 1.07 bits per heavy atom. The third-order valence-electron chi connectivity index (χ3n) is 4.37. The Labute approximate surface area is 185 Å². The molecule has 0 amide bonds. The second kappa shape index (κ2) is 10.3. The van der Waals surface area contributed by atoms with E-state index in [1.165, 1.54) is 17.8 Å². The molecule has 1 N–H and O–H groups in total. The van der Waals surface area contributed by atoms with Crippen molar-refractivity contribution in [1.29, 1.82) is 0 Å². The molecular weight excluding hydrogens is 442 g/mol. The summed E-state index contributed by atoms with van der Waals surface area (Å²) < 4.78 is 33.9. The largest absolute Gasteiger partial charge is 0.465 e. The smallest absolute Gasteiger partial charge is 0.325 e. The Kier molecular flexibility index (Phi) is 7.77. The van der Waals surface area contributed by atoms with Crippen LogP contribution >= 0.6 is 23.4 Å². The van der Waals surface area contributed by atoms with Gasteiger partial charge < -0.3 is 4.74 Å². The Morgan fingerprint density at radius 3 is 2.47 bits per heavy atom. The van der Waals surface area contributed by atoms with E-state index in [0.717, 1.165) is 5.56 Å². The molecule has 0 bridgehead atoms. The summed E-state index contributed by atoms with van der Waals surface area (Å²) >= 11 is 7.74. The first kappa shape index (κ1) is 22.6. The molecule has 158 valence electrons. The van der Waals surface area contributed by atoms with Gasteiger partial charge in [0, 0.05) is 21.9 Å². The number of fused-ring (bicyclic) bond motifs is 1. The molecule has 1 atom stereocenters. The summed E-state index contributed by atoms with van der Waals surface area (Å²) in [6.07, 6.45) is 0. The number of carbonyl (C=O) groups is 1. The Bertz CT molecular complexity index is 1120. The highest BCUT2D eigenvalue weighted by atomic mass is 35.5. The first-order chi connectivity index (χ1) is 14.4. The minimum absolute atomic E-state index is 0.0351. The van der Waals surface area contributed by atoms with Crippen molar-refractivity contribution in [2.75, 3.05) is 12.4 Å². The number of hydrogen-bond donors (Lipinski definition) is 1. The number of halogens is 1. The van der Waals surface area contributed by atoms with Crippen molar-refractivity contribution in [2.45, 2.75) is 23.6 Å². The van der Waals surface area contributed by atoms with Crippen LogP contribution in [-0.2, 0) is 25.3 Å². The molecule has 0 saturated heterocycles. The third kappa shape index (κ3) is 5.55. The lowest BCUT2D eigenvalue weighted by atomic mass is 10.1. The number of rotatable bonds is 9. The van der Waals surface area contributed by atoms with Crippen molar-refractivity contribution in [2.24, 2.45) is 0 Å². The molecule has 0 spiro atoms. The summed E-state index contributed by atoms with van der Waals surface area (Å²) in [5.41, 5.74) is 1.09. The van der Waals surface area contributed by atoms with Crippen molar-refractivity contribution in [3.63, 3.8) is 0 Å². The van der Waals surface area contributed by atoms with Crippen LogP contribution in [0.25, 0.3) is 10.8 Å². The van der Waals surface area contributed by atoms with E-state index >= 15 is 0 Å². The summed E-state index contributed by atoms with van der Waals surface area (Å²) in [6, 6.07) is 18.9. The van der Waals surface area contributed by atoms with Gasteiger partial charge in [-0.1, -0.05) is 66.2 Å². The molecule has 0 aromatic heterocycles. The van der Waals surface area contributed by atoms with Crippen LogP contribution in [0.4, 0.5) is 0 Å². The zero-order chi connectivity index (χ0) is 21.6. The maximum atomic E-state index is 13.2. The molecule has 30 heavy (non-hydrogen) atoms. The molecular formula is C22H22ClNO4S2. The fourth-order valence-corrected chi connectivity index (χ4v) is 5.88. The molecule has 0 heterocycles. The molecule has 0 saturated carbocycles. The van der Waals surface area contributed by atoms with Gasteiger partial charge in [-0.3, -0.25) is 4.79 Å². The van der Waals surface area contributed by atoms with Gasteiger partial charge in [-0.2, -0.15) is 16.5 Å². The van der Waals surface area contributed by atoms with Gasteiger partial charge in [-0.25, -0.2) is 8.42 Å². The van der Waals surface area contributed by atoms with Crippen LogP contribution in [0, 0.1) is 0 Å². The van der Waals surface area contributed by atoms with Crippen LogP contribution in [0.2, 0.25) is 5.02 Å². The molecule has 0 aliphatic heterocycles. The fraction of sp³-hybridized carbons (Fsp3) is 0.227. The lowest BCUT2D eigenvalue weighted by Crippen LogP contribution is -2.43. The van der Waals surface area contributed by atoms with Crippen molar-refractivity contribution in [3.8, 4) is 0 Å². The lowest BCUT2D eigenvalue weighted by molar-refractivity contribution is -0.144. The van der Waals surface area contributed by atoms with E-state index in [4.69, 9.17) is 16.3 Å². The molecule has 8 heteroatoms. The van der Waals surface area contributed by atoms with Crippen LogP contribution in [0.5, 0.6) is 0 Å². The second-order valence-electron chi connectivity index (χ2n) is 6.52. The average Bonchev–Trinajstić information content (AvgIpc) is 2.74. The number of hydrogen-bond acceptors (Lipinski definition) is 5. The molecule has 5 nitrogen and oxygen atoms in total. The summed E-state index contributed by atoms with van der Waals surface area (Å²) in [5, 5.41) is 1.46. The Hall–Kier alpha value is -2.06. The second-order valence-corrected chi connectivity index (χ2v) is 9.64. The zero-order valence-electron chi connectivity index (χ0n) is 16.4. The first-order valence-corrected chi connectivity index (χ1v) is 12.4. The predicted octanol–water partition coefficient (Wildman–Crippen LogP) is 4.64. The number of carbonyl (C=O) groups excluding carboxylic acids is 1. The van der Waals surface area contributed by atoms with E-state index in [1.807, 2.05) is 30.3 Å². The molecule has 3 aromatic rings. The number of thioether (sulfide) groups is 1. The molecule has 3 rings (SSSR count). The fourth-order valence-electron chi connectivity index (χ4n) is 3.00. The third-order valence-corrected chi connectivity index (χ3v) is 7.31. The standard InChI is InChI=1S/C22H22ClNO4S2/c1-2-28-22(25)19(15-29-14-16-8-4-3-5-9-16)24-30(26,27)20-13-7-11-17-10-6-12-18(23)21(17)20/h3-13,19,24H,2,14-15H2,1H3/t19-/m0/s1. The normalized spacial score (nSPS) is 12.6. The first-order valence-electron chi connectivity index (χ1n) is 9.40. The summed E-state index contributed by atoms with van der Waals surface area (Å²) in [6.45, 7) is 1.85. The van der Waals surface area contributed by atoms with Crippen molar-refractivity contribution >= 4 is 50.1 Å². The van der Waals surface area contributed by atoms with Gasteiger partial charge in [0.2, 0.25) is 10.0 Å². The van der Waals surface area contributed by atoms with Gasteiger partial charge in [-0.05, 0) is 30.0 Å². The SMILES string of the molecule is CCOC(=O)[C@H](CSCc1ccccc1)NS(=O)(=O)c1cccc2cccc(Cl)c12. The highest BCUT2D eigenvalue weighted by Gasteiger charge is 2.28. The van der Waals surface area contributed by atoms with E-state index in [0.29, 0.717) is 21.5 Å². The predicted molar refractivity (Wildman–Crippen MR) is 122 cm³/mol. The monoisotopic (exact) mass is 463 g/mol. The van der Waals surface area contributed by atoms with Gasteiger partial charge in [0.05, 0.1) is 11.5 Å². The van der Waals surface area contributed by atoms with Crippen LogP contribution < -0.4 is 4.72 Å². The van der Waals surface area contributed by atoms with Crippen LogP contribution in [0.1, 0.15) is 12.5 Å². The van der Waals surface area contributed by atoms with Crippen LogP contribution in [0.15, 0.2) is 71.6 Å². The maximum Gasteiger partial charge on any atom is 0.325 e. The highest BCUT2D eigenvalue weighted by Crippen LogP contribution is 2.30. The van der Waals surface area contributed by atoms with E-state index < -0.39 is 22.0 Å². The molecule has 0 fully saturated rings. The van der Waals surface area contributed by atoms with Crippen LogP contribution in [-0.4, -0.2) is 32.8 Å². The van der Waals surface area contributed by atoms with Gasteiger partial charge in [0.15, 0.2) is 0 Å². The van der Waals surface area contributed by atoms with Gasteiger partial charge in [0.25, 0.3) is 0 Å². The zero-order valence-corrected chi connectivity index (χ0v) is 18.8. The number of esters is 1. The van der Waals surface area contributed by atoms with Gasteiger partial charge in [0.1, 0.15) is 6.04 Å². The Morgan fingerprint density at radius 2 is 1.77 bits per heavy atom. The Balaban J connectivity index is 1.83. The number of sulfonamides is 1.